The summed E-state index contributed by atoms with van der Waals surface area (Å²) in [6.45, 7) is 5.96. The van der Waals surface area contributed by atoms with Crippen LogP contribution in [-0.4, -0.2) is 0 Å². The van der Waals surface area contributed by atoms with Gasteiger partial charge >= 0.3 is 0 Å². The van der Waals surface area contributed by atoms with E-state index in [-0.39, 0.29) is 4.83 Å². The number of ether oxygens (including phenoxy) is 1. The Bertz CT molecular complexity index is 648. The Morgan fingerprint density at radius 3 is 2.33 bits per heavy atom. The molecule has 0 saturated carbocycles. The van der Waals surface area contributed by atoms with E-state index in [0.717, 1.165) is 26.1 Å². The average molecular weight is 345 g/mol. The average Bonchev–Trinajstić information content (AvgIpc) is 3.00. The van der Waals surface area contributed by atoms with Gasteiger partial charge in [0.2, 0.25) is 0 Å². The second kappa shape index (κ2) is 6.33. The van der Waals surface area contributed by atoms with Gasteiger partial charge < -0.3 is 4.74 Å². The van der Waals surface area contributed by atoms with Gasteiger partial charge in [-0.15, -0.1) is 0 Å². The molecule has 0 bridgehead atoms. The highest BCUT2D eigenvalue weighted by molar-refractivity contribution is 9.09. The van der Waals surface area contributed by atoms with Gasteiger partial charge in [0.15, 0.2) is 0 Å². The molecule has 0 saturated heterocycles. The molecule has 1 aliphatic heterocycles. The van der Waals surface area contributed by atoms with Crippen molar-refractivity contribution in [1.29, 1.82) is 0 Å². The van der Waals surface area contributed by atoms with Gasteiger partial charge in [0.05, 0.1) is 18.0 Å². The lowest BCUT2D eigenvalue weighted by Gasteiger charge is -2.15. The number of halogens is 1. The van der Waals surface area contributed by atoms with Crippen LogP contribution >= 0.6 is 15.9 Å². The van der Waals surface area contributed by atoms with E-state index >= 15 is 0 Å². The molecule has 2 aromatic rings. The lowest BCUT2D eigenvalue weighted by Crippen LogP contribution is -1.98. The van der Waals surface area contributed by atoms with Crippen LogP contribution in [0.5, 0.6) is 0 Å². The number of aryl methyl sites for hydroxylation is 2. The van der Waals surface area contributed by atoms with Crippen molar-refractivity contribution in [3.8, 4) is 0 Å². The van der Waals surface area contributed by atoms with Gasteiger partial charge in [-0.2, -0.15) is 0 Å². The van der Waals surface area contributed by atoms with Crippen LogP contribution in [0.15, 0.2) is 36.4 Å². The molecule has 110 valence electrons. The van der Waals surface area contributed by atoms with Crippen molar-refractivity contribution in [2.24, 2.45) is 0 Å². The Kier molecular flexibility index (Phi) is 4.46. The zero-order chi connectivity index (χ0) is 14.8. The first kappa shape index (κ1) is 14.8. The van der Waals surface area contributed by atoms with E-state index in [2.05, 4.69) is 66.2 Å². The molecular weight excluding hydrogens is 324 g/mol. The minimum absolute atomic E-state index is 0.250. The summed E-state index contributed by atoms with van der Waals surface area (Å²) in [5.41, 5.74) is 8.23. The normalized spacial score (nSPS) is 15.0. The van der Waals surface area contributed by atoms with Gasteiger partial charge in [-0.1, -0.05) is 66.2 Å². The van der Waals surface area contributed by atoms with Gasteiger partial charge in [-0.25, -0.2) is 0 Å². The Morgan fingerprint density at radius 2 is 1.57 bits per heavy atom. The van der Waals surface area contributed by atoms with Crippen LogP contribution in [0.25, 0.3) is 0 Å². The molecular formula is C19H21BrO. The molecule has 3 rings (SSSR count). The van der Waals surface area contributed by atoms with Gasteiger partial charge in [-0.3, -0.25) is 0 Å². The fourth-order valence-corrected chi connectivity index (χ4v) is 3.59. The Labute approximate surface area is 135 Å². The second-order valence-electron chi connectivity index (χ2n) is 5.62. The van der Waals surface area contributed by atoms with E-state index < -0.39 is 0 Å². The van der Waals surface area contributed by atoms with Crippen LogP contribution in [0.4, 0.5) is 0 Å². The number of fused-ring (bicyclic) bond motifs is 1. The Balaban J connectivity index is 1.93. The zero-order valence-electron chi connectivity index (χ0n) is 12.7. The molecule has 0 spiro atoms. The predicted molar refractivity (Wildman–Crippen MR) is 90.9 cm³/mol. The molecule has 0 fully saturated rings. The largest absolute Gasteiger partial charge is 0.372 e. The summed E-state index contributed by atoms with van der Waals surface area (Å²) in [6, 6.07) is 13.6. The molecule has 1 unspecified atom stereocenters. The van der Waals surface area contributed by atoms with E-state index in [1.54, 1.807) is 0 Å². The number of hydrogen-bond donors (Lipinski definition) is 0. The molecule has 2 heteroatoms. The van der Waals surface area contributed by atoms with E-state index in [4.69, 9.17) is 4.74 Å². The van der Waals surface area contributed by atoms with Crippen molar-refractivity contribution in [3.63, 3.8) is 0 Å². The fraction of sp³-hybridized carbons (Fsp3) is 0.368. The first-order valence-electron chi connectivity index (χ1n) is 7.68. The Hall–Kier alpha value is -1.12. The van der Waals surface area contributed by atoms with Crippen LogP contribution in [-0.2, 0) is 30.8 Å². The van der Waals surface area contributed by atoms with Gasteiger partial charge in [0.1, 0.15) is 0 Å². The quantitative estimate of drug-likeness (QED) is 0.681. The monoisotopic (exact) mass is 344 g/mol. The summed E-state index contributed by atoms with van der Waals surface area (Å²) in [5, 5.41) is 0. The molecule has 1 atom stereocenters. The third-order valence-electron chi connectivity index (χ3n) is 4.32. The van der Waals surface area contributed by atoms with E-state index in [1.807, 2.05) is 0 Å². The molecule has 0 aliphatic carbocycles. The maximum absolute atomic E-state index is 5.51. The molecule has 1 heterocycles. The highest BCUT2D eigenvalue weighted by Gasteiger charge is 2.16. The van der Waals surface area contributed by atoms with Crippen LogP contribution in [0.2, 0.25) is 0 Å². The topological polar surface area (TPSA) is 9.23 Å². The minimum atomic E-state index is 0.250. The second-order valence-corrected chi connectivity index (χ2v) is 6.53. The van der Waals surface area contributed by atoms with Crippen LogP contribution in [0.1, 0.15) is 52.1 Å². The highest BCUT2D eigenvalue weighted by atomic mass is 79.9. The fourth-order valence-electron chi connectivity index (χ4n) is 3.02. The van der Waals surface area contributed by atoms with Crippen LogP contribution in [0, 0.1) is 0 Å². The summed E-state index contributed by atoms with van der Waals surface area (Å²) in [5.74, 6) is 0. The summed E-state index contributed by atoms with van der Waals surface area (Å²) < 4.78 is 5.51. The SMILES string of the molecule is CCc1ccc(C(Br)c2ccc3c(c2)COC3)cc1CC. The molecule has 2 aromatic carbocycles. The predicted octanol–water partition coefficient (Wildman–Crippen LogP) is 5.33. The third kappa shape index (κ3) is 2.93. The molecule has 0 radical (unpaired) electrons. The van der Waals surface area contributed by atoms with E-state index in [0.29, 0.717) is 0 Å². The van der Waals surface area contributed by atoms with Crippen molar-refractivity contribution in [2.75, 3.05) is 0 Å². The van der Waals surface area contributed by atoms with E-state index in [1.165, 1.54) is 33.4 Å². The smallest absolute Gasteiger partial charge is 0.0725 e. The number of hydrogen-bond acceptors (Lipinski definition) is 1. The third-order valence-corrected chi connectivity index (χ3v) is 5.38. The first-order valence-corrected chi connectivity index (χ1v) is 8.59. The van der Waals surface area contributed by atoms with Crippen LogP contribution < -0.4 is 0 Å². The first-order chi connectivity index (χ1) is 10.2. The summed E-state index contributed by atoms with van der Waals surface area (Å²) in [6.07, 6.45) is 2.20. The maximum atomic E-state index is 5.51. The van der Waals surface area contributed by atoms with Crippen LogP contribution in [0.3, 0.4) is 0 Å². The highest BCUT2D eigenvalue weighted by Crippen LogP contribution is 2.34. The van der Waals surface area contributed by atoms with E-state index in [9.17, 15) is 0 Å². The standard InChI is InChI=1S/C19H21BrO/c1-3-13-5-6-15(9-14(13)4-2)19(20)16-7-8-17-11-21-12-18(17)10-16/h5-10,19H,3-4,11-12H2,1-2H3. The molecule has 0 amide bonds. The van der Waals surface area contributed by atoms with Gasteiger partial charge in [0.25, 0.3) is 0 Å². The van der Waals surface area contributed by atoms with Crippen molar-refractivity contribution >= 4 is 15.9 Å². The lowest BCUT2D eigenvalue weighted by atomic mass is 9.95. The van der Waals surface area contributed by atoms with Crippen molar-refractivity contribution in [1.82, 2.24) is 0 Å². The zero-order valence-corrected chi connectivity index (χ0v) is 14.2. The number of alkyl halides is 1. The van der Waals surface area contributed by atoms with Crippen molar-refractivity contribution in [3.05, 3.63) is 69.8 Å². The lowest BCUT2D eigenvalue weighted by molar-refractivity contribution is 0.134. The summed E-state index contributed by atoms with van der Waals surface area (Å²) >= 11 is 3.87. The molecule has 0 N–H and O–H groups in total. The van der Waals surface area contributed by atoms with Gasteiger partial charge in [0, 0.05) is 0 Å². The molecule has 1 aliphatic rings. The number of benzene rings is 2. The minimum Gasteiger partial charge on any atom is -0.372 e. The van der Waals surface area contributed by atoms with Crippen molar-refractivity contribution < 1.29 is 4.74 Å². The molecule has 0 aromatic heterocycles. The van der Waals surface area contributed by atoms with Gasteiger partial charge in [-0.05, 0) is 46.2 Å². The summed E-state index contributed by atoms with van der Waals surface area (Å²) in [4.78, 5) is 0.250. The summed E-state index contributed by atoms with van der Waals surface area (Å²) in [7, 11) is 0. The number of rotatable bonds is 4. The Morgan fingerprint density at radius 1 is 0.905 bits per heavy atom. The van der Waals surface area contributed by atoms with Crippen molar-refractivity contribution in [2.45, 2.75) is 44.7 Å². The maximum Gasteiger partial charge on any atom is 0.0725 e. The molecule has 21 heavy (non-hydrogen) atoms. The molecule has 1 nitrogen and oxygen atoms in total.